The van der Waals surface area contributed by atoms with Gasteiger partial charge < -0.3 is 15.2 Å². The molecule has 0 fully saturated rings. The Hall–Kier alpha value is -2.33. The number of benzene rings is 2. The van der Waals surface area contributed by atoms with E-state index in [1.807, 2.05) is 0 Å². The minimum absolute atomic E-state index is 0.677. The summed E-state index contributed by atoms with van der Waals surface area (Å²) < 4.78 is 2.29. The highest BCUT2D eigenvalue weighted by atomic mass is 32.1. The number of para-hydroxylation sites is 1. The van der Waals surface area contributed by atoms with Crippen LogP contribution in [0.3, 0.4) is 0 Å². The zero-order valence-corrected chi connectivity index (χ0v) is 14.8. The van der Waals surface area contributed by atoms with E-state index in [0.717, 1.165) is 31.6 Å². The fraction of sp³-hybridized carbons (Fsp3) is 0.250. The molecule has 4 heteroatoms. The van der Waals surface area contributed by atoms with Gasteiger partial charge >= 0.3 is 0 Å². The Labute approximate surface area is 148 Å². The number of thiocarbonyl (C=S) groups is 1. The third kappa shape index (κ3) is 4.15. The molecular formula is C20H23N3S. The lowest BCUT2D eigenvalue weighted by molar-refractivity contribution is 0.649. The average molecular weight is 337 g/mol. The minimum Gasteiger partial charge on any atom is -0.362 e. The molecule has 0 aliphatic carbocycles. The van der Waals surface area contributed by atoms with Crippen molar-refractivity contribution in [3.8, 4) is 0 Å². The van der Waals surface area contributed by atoms with Crippen LogP contribution in [-0.2, 0) is 13.0 Å². The molecule has 1 aromatic heterocycles. The molecule has 2 N–H and O–H groups in total. The summed E-state index contributed by atoms with van der Waals surface area (Å²) in [5, 5.41) is 8.47. The van der Waals surface area contributed by atoms with Crippen LogP contribution in [0.1, 0.15) is 18.9 Å². The molecule has 3 rings (SSSR count). The third-order valence-corrected chi connectivity index (χ3v) is 4.41. The van der Waals surface area contributed by atoms with Crippen molar-refractivity contribution < 1.29 is 0 Å². The number of fused-ring (bicyclic) bond motifs is 1. The number of aryl methyl sites for hydroxylation is 2. The standard InChI is InChI=1S/C20H23N3S/c1-2-16-8-10-18(11-9-16)22-20(24)21-13-5-14-23-15-12-17-6-3-4-7-19(17)23/h3-4,6-12,15H,2,5,13-14H2,1H3,(H2,21,22,24). The number of nitrogens with zero attached hydrogens (tertiary/aromatic N) is 1. The van der Waals surface area contributed by atoms with Crippen molar-refractivity contribution in [1.82, 2.24) is 9.88 Å². The van der Waals surface area contributed by atoms with Crippen molar-refractivity contribution in [3.05, 3.63) is 66.4 Å². The smallest absolute Gasteiger partial charge is 0.170 e. The van der Waals surface area contributed by atoms with Gasteiger partial charge in [-0.3, -0.25) is 0 Å². The summed E-state index contributed by atoms with van der Waals surface area (Å²) in [4.78, 5) is 0. The van der Waals surface area contributed by atoms with Crippen LogP contribution in [0.5, 0.6) is 0 Å². The van der Waals surface area contributed by atoms with Gasteiger partial charge in [-0.25, -0.2) is 0 Å². The van der Waals surface area contributed by atoms with Gasteiger partial charge in [-0.15, -0.1) is 0 Å². The van der Waals surface area contributed by atoms with Gasteiger partial charge in [-0.2, -0.15) is 0 Å². The van der Waals surface area contributed by atoms with Crippen molar-refractivity contribution in [2.45, 2.75) is 26.3 Å². The quantitative estimate of drug-likeness (QED) is 0.509. The number of hydrogen-bond donors (Lipinski definition) is 2. The van der Waals surface area contributed by atoms with E-state index in [-0.39, 0.29) is 0 Å². The molecule has 24 heavy (non-hydrogen) atoms. The minimum atomic E-state index is 0.677. The lowest BCUT2D eigenvalue weighted by atomic mass is 10.1. The van der Waals surface area contributed by atoms with Crippen molar-refractivity contribution in [1.29, 1.82) is 0 Å². The molecule has 1 heterocycles. The van der Waals surface area contributed by atoms with Crippen LogP contribution in [0.15, 0.2) is 60.8 Å². The molecule has 0 saturated heterocycles. The summed E-state index contributed by atoms with van der Waals surface area (Å²) in [6, 6.07) is 19.0. The van der Waals surface area contributed by atoms with E-state index in [0.29, 0.717) is 5.11 Å². The van der Waals surface area contributed by atoms with Crippen LogP contribution in [0.2, 0.25) is 0 Å². The first-order valence-corrected chi connectivity index (χ1v) is 8.85. The highest BCUT2D eigenvalue weighted by molar-refractivity contribution is 7.80. The number of rotatable bonds is 6. The lowest BCUT2D eigenvalue weighted by Crippen LogP contribution is -2.29. The molecule has 0 unspecified atom stereocenters. The van der Waals surface area contributed by atoms with Gasteiger partial charge in [0, 0.05) is 30.5 Å². The lowest BCUT2D eigenvalue weighted by Gasteiger charge is -2.11. The molecule has 0 atom stereocenters. The summed E-state index contributed by atoms with van der Waals surface area (Å²) in [6.07, 6.45) is 4.23. The maximum atomic E-state index is 5.36. The molecular weight excluding hydrogens is 314 g/mol. The summed E-state index contributed by atoms with van der Waals surface area (Å²) in [6.45, 7) is 3.99. The molecule has 3 nitrogen and oxygen atoms in total. The summed E-state index contributed by atoms with van der Waals surface area (Å²) >= 11 is 5.36. The van der Waals surface area contributed by atoms with Crippen molar-refractivity contribution in [2.24, 2.45) is 0 Å². The SMILES string of the molecule is CCc1ccc(NC(=S)NCCCn2ccc3ccccc32)cc1. The van der Waals surface area contributed by atoms with E-state index in [1.165, 1.54) is 16.5 Å². The Kier molecular flexibility index (Phi) is 5.49. The van der Waals surface area contributed by atoms with Gasteiger partial charge in [0.1, 0.15) is 0 Å². The van der Waals surface area contributed by atoms with Crippen LogP contribution in [-0.4, -0.2) is 16.2 Å². The Morgan fingerprint density at radius 2 is 1.83 bits per heavy atom. The number of anilines is 1. The van der Waals surface area contributed by atoms with Crippen LogP contribution in [0.25, 0.3) is 10.9 Å². The van der Waals surface area contributed by atoms with Crippen molar-refractivity contribution in [2.75, 3.05) is 11.9 Å². The predicted molar refractivity (Wildman–Crippen MR) is 107 cm³/mol. The van der Waals surface area contributed by atoms with Crippen LogP contribution in [0, 0.1) is 0 Å². The first kappa shape index (κ1) is 16.5. The van der Waals surface area contributed by atoms with Crippen LogP contribution < -0.4 is 10.6 Å². The maximum absolute atomic E-state index is 5.36. The van der Waals surface area contributed by atoms with E-state index >= 15 is 0 Å². The highest BCUT2D eigenvalue weighted by Gasteiger charge is 2.01. The van der Waals surface area contributed by atoms with Crippen molar-refractivity contribution in [3.63, 3.8) is 0 Å². The van der Waals surface area contributed by atoms with E-state index in [2.05, 4.69) is 82.9 Å². The molecule has 0 aliphatic rings. The van der Waals surface area contributed by atoms with Gasteiger partial charge in [0.05, 0.1) is 0 Å². The molecule has 2 aromatic carbocycles. The fourth-order valence-corrected chi connectivity index (χ4v) is 3.01. The summed E-state index contributed by atoms with van der Waals surface area (Å²) in [5.41, 5.74) is 3.65. The maximum Gasteiger partial charge on any atom is 0.170 e. The van der Waals surface area contributed by atoms with Crippen LogP contribution in [0.4, 0.5) is 5.69 Å². The normalized spacial score (nSPS) is 10.7. The van der Waals surface area contributed by atoms with Gasteiger partial charge in [0.25, 0.3) is 0 Å². The Morgan fingerprint density at radius 3 is 2.62 bits per heavy atom. The second-order valence-corrected chi connectivity index (χ2v) is 6.26. The van der Waals surface area contributed by atoms with E-state index in [1.54, 1.807) is 0 Å². The molecule has 0 saturated carbocycles. The monoisotopic (exact) mass is 337 g/mol. The number of aromatic nitrogens is 1. The summed E-state index contributed by atoms with van der Waals surface area (Å²) in [7, 11) is 0. The first-order valence-electron chi connectivity index (χ1n) is 8.44. The van der Waals surface area contributed by atoms with Gasteiger partial charge in [-0.1, -0.05) is 37.3 Å². The molecule has 0 aliphatic heterocycles. The first-order chi connectivity index (χ1) is 11.8. The van der Waals surface area contributed by atoms with E-state index in [4.69, 9.17) is 12.2 Å². The topological polar surface area (TPSA) is 29.0 Å². The molecule has 0 amide bonds. The molecule has 0 spiro atoms. The Bertz CT molecular complexity index is 805. The highest BCUT2D eigenvalue weighted by Crippen LogP contribution is 2.15. The third-order valence-electron chi connectivity index (χ3n) is 4.16. The second-order valence-electron chi connectivity index (χ2n) is 5.85. The largest absolute Gasteiger partial charge is 0.362 e. The molecule has 0 bridgehead atoms. The number of nitrogens with one attached hydrogen (secondary N) is 2. The number of hydrogen-bond acceptors (Lipinski definition) is 1. The zero-order valence-electron chi connectivity index (χ0n) is 14.0. The van der Waals surface area contributed by atoms with Crippen molar-refractivity contribution >= 4 is 33.9 Å². The fourth-order valence-electron chi connectivity index (χ4n) is 2.79. The van der Waals surface area contributed by atoms with Gasteiger partial charge in [0.2, 0.25) is 0 Å². The zero-order chi connectivity index (χ0) is 16.8. The predicted octanol–water partition coefficient (Wildman–Crippen LogP) is 4.58. The average Bonchev–Trinajstić information content (AvgIpc) is 3.03. The molecule has 3 aromatic rings. The second kappa shape index (κ2) is 7.97. The van der Waals surface area contributed by atoms with Gasteiger partial charge in [0.15, 0.2) is 5.11 Å². The van der Waals surface area contributed by atoms with Gasteiger partial charge in [-0.05, 0) is 60.3 Å². The molecule has 0 radical (unpaired) electrons. The Morgan fingerprint density at radius 1 is 1.04 bits per heavy atom. The summed E-state index contributed by atoms with van der Waals surface area (Å²) in [5.74, 6) is 0. The Balaban J connectivity index is 1.43. The molecule has 124 valence electrons. The van der Waals surface area contributed by atoms with E-state index < -0.39 is 0 Å². The van der Waals surface area contributed by atoms with Crippen LogP contribution >= 0.6 is 12.2 Å². The van der Waals surface area contributed by atoms with E-state index in [9.17, 15) is 0 Å².